The molecule has 0 saturated carbocycles. The fourth-order valence-corrected chi connectivity index (χ4v) is 4.13. The molecule has 164 valence electrons. The summed E-state index contributed by atoms with van der Waals surface area (Å²) in [6.45, 7) is 17.1. The van der Waals surface area contributed by atoms with E-state index in [0.717, 1.165) is 35.4 Å². The van der Waals surface area contributed by atoms with E-state index in [2.05, 4.69) is 72.0 Å². The van der Waals surface area contributed by atoms with Crippen molar-refractivity contribution in [1.82, 2.24) is 5.32 Å². The van der Waals surface area contributed by atoms with Crippen LogP contribution in [0.15, 0.2) is 30.0 Å². The second-order valence-corrected chi connectivity index (χ2v) is 10.9. The van der Waals surface area contributed by atoms with Crippen molar-refractivity contribution in [3.63, 3.8) is 0 Å². The molecule has 0 fully saturated rings. The summed E-state index contributed by atoms with van der Waals surface area (Å²) in [5.74, 6) is -0.0909. The third-order valence-electron chi connectivity index (χ3n) is 5.70. The number of aryl methyl sites for hydroxylation is 1. The van der Waals surface area contributed by atoms with Crippen LogP contribution in [0, 0.1) is 10.8 Å². The second-order valence-electron chi connectivity index (χ2n) is 10.5. The molecule has 0 aliphatic carbocycles. The standard InChI is InChI=1S/C25H40ClNO2/c1-18(29)27-17-22(24(5,6)13-9-15-28)25(7,8)20-11-10-19(21(26)16-20)12-14-23(2,3)4/h10-11,16-17,28H,9,12-15H2,1-8H3,(H,27,29)/b22-17-. The largest absolute Gasteiger partial charge is 0.396 e. The van der Waals surface area contributed by atoms with Crippen molar-refractivity contribution in [2.75, 3.05) is 6.61 Å². The first-order valence-corrected chi connectivity index (χ1v) is 11.0. The van der Waals surface area contributed by atoms with Crippen LogP contribution in [0.3, 0.4) is 0 Å². The van der Waals surface area contributed by atoms with Crippen molar-refractivity contribution < 1.29 is 9.90 Å². The summed E-state index contributed by atoms with van der Waals surface area (Å²) in [6, 6.07) is 6.37. The van der Waals surface area contributed by atoms with E-state index in [1.165, 1.54) is 12.5 Å². The predicted molar refractivity (Wildman–Crippen MR) is 124 cm³/mol. The van der Waals surface area contributed by atoms with E-state index in [4.69, 9.17) is 11.6 Å². The fourth-order valence-electron chi connectivity index (χ4n) is 3.86. The quantitative estimate of drug-likeness (QED) is 0.483. The molecule has 1 rings (SSSR count). The van der Waals surface area contributed by atoms with Crippen molar-refractivity contribution in [3.05, 3.63) is 46.1 Å². The van der Waals surface area contributed by atoms with E-state index >= 15 is 0 Å². The SMILES string of the molecule is CC(=O)N/C=C(/C(C)(C)CCCO)C(C)(C)c1ccc(CCC(C)(C)C)c(Cl)c1. The molecule has 1 amide bonds. The zero-order valence-corrected chi connectivity index (χ0v) is 20.3. The number of nitrogens with one attached hydrogen (secondary N) is 1. The average Bonchev–Trinajstić information content (AvgIpc) is 2.57. The molecule has 0 spiro atoms. The van der Waals surface area contributed by atoms with Gasteiger partial charge in [0.15, 0.2) is 0 Å². The third-order valence-corrected chi connectivity index (χ3v) is 6.05. The van der Waals surface area contributed by atoms with Crippen molar-refractivity contribution in [2.24, 2.45) is 10.8 Å². The Morgan fingerprint density at radius 3 is 2.21 bits per heavy atom. The molecule has 0 bridgehead atoms. The smallest absolute Gasteiger partial charge is 0.220 e. The minimum absolute atomic E-state index is 0.0909. The Morgan fingerprint density at radius 2 is 1.72 bits per heavy atom. The first-order chi connectivity index (χ1) is 13.2. The molecule has 2 N–H and O–H groups in total. The normalized spacial score (nSPS) is 13.5. The first kappa shape index (κ1) is 25.7. The van der Waals surface area contributed by atoms with Crippen LogP contribution >= 0.6 is 11.6 Å². The number of benzene rings is 1. The number of aliphatic hydroxyl groups excluding tert-OH is 1. The highest BCUT2D eigenvalue weighted by Crippen LogP contribution is 2.45. The molecule has 0 atom stereocenters. The molecule has 1 aromatic rings. The second kappa shape index (κ2) is 10.1. The van der Waals surface area contributed by atoms with Crippen LogP contribution in [0.5, 0.6) is 0 Å². The van der Waals surface area contributed by atoms with E-state index in [0.29, 0.717) is 6.42 Å². The molecular formula is C25H40ClNO2. The highest BCUT2D eigenvalue weighted by Gasteiger charge is 2.36. The van der Waals surface area contributed by atoms with Gasteiger partial charge in [-0.3, -0.25) is 4.79 Å². The van der Waals surface area contributed by atoms with Gasteiger partial charge in [0.05, 0.1) is 0 Å². The predicted octanol–water partition coefficient (Wildman–Crippen LogP) is 6.42. The van der Waals surface area contributed by atoms with Crippen LogP contribution in [0.2, 0.25) is 5.02 Å². The molecule has 29 heavy (non-hydrogen) atoms. The maximum atomic E-state index is 11.6. The van der Waals surface area contributed by atoms with Crippen LogP contribution in [0.25, 0.3) is 0 Å². The lowest BCUT2D eigenvalue weighted by atomic mass is 9.65. The Balaban J connectivity index is 3.29. The van der Waals surface area contributed by atoms with Gasteiger partial charge >= 0.3 is 0 Å². The Bertz CT molecular complexity index is 727. The highest BCUT2D eigenvalue weighted by molar-refractivity contribution is 6.31. The highest BCUT2D eigenvalue weighted by atomic mass is 35.5. The van der Waals surface area contributed by atoms with Crippen molar-refractivity contribution >= 4 is 17.5 Å². The van der Waals surface area contributed by atoms with Gasteiger partial charge in [-0.15, -0.1) is 0 Å². The Labute approximate surface area is 182 Å². The van der Waals surface area contributed by atoms with Gasteiger partial charge in [-0.1, -0.05) is 72.2 Å². The third kappa shape index (κ3) is 7.79. The van der Waals surface area contributed by atoms with Gasteiger partial charge in [-0.2, -0.15) is 0 Å². The molecule has 0 radical (unpaired) electrons. The number of rotatable bonds is 9. The van der Waals surface area contributed by atoms with E-state index in [-0.39, 0.29) is 28.8 Å². The topological polar surface area (TPSA) is 49.3 Å². The van der Waals surface area contributed by atoms with Crippen molar-refractivity contribution in [2.45, 2.75) is 86.5 Å². The zero-order valence-electron chi connectivity index (χ0n) is 19.6. The maximum Gasteiger partial charge on any atom is 0.220 e. The summed E-state index contributed by atoms with van der Waals surface area (Å²) in [4.78, 5) is 11.6. The molecule has 0 aliphatic heterocycles. The Morgan fingerprint density at radius 1 is 1.10 bits per heavy atom. The summed E-state index contributed by atoms with van der Waals surface area (Å²) >= 11 is 6.67. The van der Waals surface area contributed by atoms with Gasteiger partial charge in [0.25, 0.3) is 0 Å². The van der Waals surface area contributed by atoms with Gasteiger partial charge in [-0.05, 0) is 59.3 Å². The van der Waals surface area contributed by atoms with Gasteiger partial charge in [-0.25, -0.2) is 0 Å². The van der Waals surface area contributed by atoms with E-state index in [1.54, 1.807) is 0 Å². The summed E-state index contributed by atoms with van der Waals surface area (Å²) in [5.41, 5.74) is 3.17. The first-order valence-electron chi connectivity index (χ1n) is 10.6. The van der Waals surface area contributed by atoms with Crippen LogP contribution < -0.4 is 5.32 Å². The van der Waals surface area contributed by atoms with Gasteiger partial charge in [0, 0.05) is 30.2 Å². The number of carbonyl (C=O) groups excluding carboxylic acids is 1. The number of hydrogen-bond acceptors (Lipinski definition) is 2. The number of amides is 1. The Kier molecular flexibility index (Phi) is 8.98. The van der Waals surface area contributed by atoms with Crippen LogP contribution in [0.4, 0.5) is 0 Å². The van der Waals surface area contributed by atoms with E-state index in [1.807, 2.05) is 6.20 Å². The van der Waals surface area contributed by atoms with Crippen molar-refractivity contribution in [1.29, 1.82) is 0 Å². The molecular weight excluding hydrogens is 382 g/mol. The maximum absolute atomic E-state index is 11.6. The number of allylic oxidation sites excluding steroid dienone is 1. The summed E-state index contributed by atoms with van der Waals surface area (Å²) in [7, 11) is 0. The number of halogens is 1. The monoisotopic (exact) mass is 421 g/mol. The molecule has 0 aromatic heterocycles. The summed E-state index contributed by atoms with van der Waals surface area (Å²) in [5, 5.41) is 13.0. The van der Waals surface area contributed by atoms with Gasteiger partial charge in [0.2, 0.25) is 5.91 Å². The molecule has 0 aliphatic rings. The Hall–Kier alpha value is -1.32. The van der Waals surface area contributed by atoms with Crippen molar-refractivity contribution in [3.8, 4) is 0 Å². The molecule has 0 saturated heterocycles. The summed E-state index contributed by atoms with van der Waals surface area (Å²) < 4.78 is 0. The average molecular weight is 422 g/mol. The van der Waals surface area contributed by atoms with Gasteiger partial charge in [0.1, 0.15) is 0 Å². The van der Waals surface area contributed by atoms with Crippen LogP contribution in [0.1, 0.15) is 85.8 Å². The lowest BCUT2D eigenvalue weighted by Crippen LogP contribution is -2.33. The summed E-state index contributed by atoms with van der Waals surface area (Å²) in [6.07, 6.45) is 5.43. The fraction of sp³-hybridized carbons (Fsp3) is 0.640. The number of carbonyl (C=O) groups is 1. The molecule has 0 heterocycles. The molecule has 3 nitrogen and oxygen atoms in total. The minimum atomic E-state index is -0.326. The van der Waals surface area contributed by atoms with E-state index < -0.39 is 0 Å². The lowest BCUT2D eigenvalue weighted by Gasteiger charge is -2.40. The number of hydrogen-bond donors (Lipinski definition) is 2. The molecule has 4 heteroatoms. The lowest BCUT2D eigenvalue weighted by molar-refractivity contribution is -0.118. The molecule has 0 unspecified atom stereocenters. The minimum Gasteiger partial charge on any atom is -0.396 e. The van der Waals surface area contributed by atoms with E-state index in [9.17, 15) is 9.90 Å². The zero-order chi connectivity index (χ0) is 22.5. The number of aliphatic hydroxyl groups is 1. The van der Waals surface area contributed by atoms with Crippen LogP contribution in [-0.4, -0.2) is 17.6 Å². The molecule has 1 aromatic carbocycles. The van der Waals surface area contributed by atoms with Gasteiger partial charge < -0.3 is 10.4 Å². The van der Waals surface area contributed by atoms with Crippen LogP contribution in [-0.2, 0) is 16.6 Å².